The maximum absolute atomic E-state index is 12.8. The second-order valence-electron chi connectivity index (χ2n) is 6.78. The molecule has 0 bridgehead atoms. The highest BCUT2D eigenvalue weighted by molar-refractivity contribution is 7.92. The van der Waals surface area contributed by atoms with Crippen LogP contribution >= 0.6 is 0 Å². The largest absolute Gasteiger partial charge is 0.338 e. The minimum atomic E-state index is -3.70. The number of carbonyl (C=O) groups excluding carboxylic acids is 1. The number of hydrogen-bond donors (Lipinski definition) is 2. The molecule has 0 radical (unpaired) electrons. The van der Waals surface area contributed by atoms with Crippen molar-refractivity contribution in [2.24, 2.45) is 0 Å². The summed E-state index contributed by atoms with van der Waals surface area (Å²) in [6.45, 7) is 7.01. The van der Waals surface area contributed by atoms with Gasteiger partial charge in [0.05, 0.1) is 10.6 Å². The molecule has 0 spiro atoms. The minimum absolute atomic E-state index is 0.139. The zero-order chi connectivity index (χ0) is 19.6. The van der Waals surface area contributed by atoms with E-state index in [1.165, 1.54) is 0 Å². The first-order valence-corrected chi connectivity index (χ1v) is 10.6. The Hall–Kier alpha value is -2.54. The van der Waals surface area contributed by atoms with Crippen LogP contribution in [0, 0.1) is 13.8 Å². The summed E-state index contributed by atoms with van der Waals surface area (Å²) in [6.07, 6.45) is 1.51. The van der Waals surface area contributed by atoms with E-state index in [0.29, 0.717) is 25.2 Å². The molecular weight excluding hydrogens is 362 g/mol. The van der Waals surface area contributed by atoms with E-state index in [2.05, 4.69) is 10.0 Å². The van der Waals surface area contributed by atoms with Crippen LogP contribution in [0.2, 0.25) is 0 Å². The summed E-state index contributed by atoms with van der Waals surface area (Å²) in [7, 11) is -3.70. The molecule has 1 aliphatic heterocycles. The lowest BCUT2D eigenvalue weighted by Gasteiger charge is -2.18. The van der Waals surface area contributed by atoms with Gasteiger partial charge in [-0.2, -0.15) is 0 Å². The third kappa shape index (κ3) is 3.93. The van der Waals surface area contributed by atoms with Gasteiger partial charge in [0.2, 0.25) is 0 Å². The van der Waals surface area contributed by atoms with Gasteiger partial charge in [-0.15, -0.1) is 0 Å². The van der Waals surface area contributed by atoms with Gasteiger partial charge in [-0.1, -0.05) is 19.1 Å². The number of amides is 2. The molecule has 1 heterocycles. The summed E-state index contributed by atoms with van der Waals surface area (Å²) in [6, 6.07) is 10.3. The molecule has 6 nitrogen and oxygen atoms in total. The zero-order valence-corrected chi connectivity index (χ0v) is 16.7. The molecular formula is C20H25N3O3S. The number of nitrogens with zero attached hydrogens (tertiary/aromatic N) is 1. The third-order valence-electron chi connectivity index (χ3n) is 4.88. The molecule has 0 saturated heterocycles. The van der Waals surface area contributed by atoms with E-state index in [1.54, 1.807) is 29.2 Å². The Bertz CT molecular complexity index is 970. The molecule has 144 valence electrons. The predicted molar refractivity (Wildman–Crippen MR) is 108 cm³/mol. The van der Waals surface area contributed by atoms with Gasteiger partial charge in [0.25, 0.3) is 10.0 Å². The van der Waals surface area contributed by atoms with E-state index in [-0.39, 0.29) is 10.9 Å². The van der Waals surface area contributed by atoms with Crippen molar-refractivity contribution < 1.29 is 13.2 Å². The summed E-state index contributed by atoms with van der Waals surface area (Å²) in [4.78, 5) is 14.1. The van der Waals surface area contributed by atoms with E-state index in [0.717, 1.165) is 28.8 Å². The molecule has 27 heavy (non-hydrogen) atoms. The molecule has 1 aliphatic rings. The van der Waals surface area contributed by atoms with Crippen LogP contribution in [-0.2, 0) is 16.4 Å². The number of hydrogen-bond acceptors (Lipinski definition) is 3. The Balaban J connectivity index is 1.84. The number of rotatable bonds is 5. The number of fused-ring (bicyclic) bond motifs is 1. The topological polar surface area (TPSA) is 78.5 Å². The molecule has 0 aliphatic carbocycles. The molecule has 7 heteroatoms. The Labute approximate surface area is 160 Å². The maximum atomic E-state index is 12.8. The summed E-state index contributed by atoms with van der Waals surface area (Å²) >= 11 is 0. The molecule has 2 aromatic carbocycles. The number of benzene rings is 2. The molecule has 0 saturated carbocycles. The average molecular weight is 388 g/mol. The summed E-state index contributed by atoms with van der Waals surface area (Å²) < 4.78 is 28.3. The standard InChI is InChI=1S/C20H25N3O3S/c1-4-11-21-20(24)23-12-10-16-13-17(8-9-19(16)23)27(25,26)22-18-7-5-6-14(2)15(18)3/h5-9,13,22H,4,10-12H2,1-3H3,(H,21,24). The fourth-order valence-electron chi connectivity index (χ4n) is 3.15. The number of anilines is 2. The highest BCUT2D eigenvalue weighted by Crippen LogP contribution is 2.31. The first kappa shape index (κ1) is 19.2. The van der Waals surface area contributed by atoms with Crippen molar-refractivity contribution in [2.75, 3.05) is 22.7 Å². The second-order valence-corrected chi connectivity index (χ2v) is 8.46. The van der Waals surface area contributed by atoms with Crippen molar-refractivity contribution in [1.29, 1.82) is 0 Å². The molecule has 0 atom stereocenters. The summed E-state index contributed by atoms with van der Waals surface area (Å²) in [5, 5.41) is 2.86. The normalized spacial score (nSPS) is 13.4. The van der Waals surface area contributed by atoms with Gasteiger partial charge in [0, 0.05) is 18.8 Å². The van der Waals surface area contributed by atoms with Crippen molar-refractivity contribution in [3.8, 4) is 0 Å². The molecule has 0 aromatic heterocycles. The number of aryl methyl sites for hydroxylation is 1. The van der Waals surface area contributed by atoms with Gasteiger partial charge in [-0.3, -0.25) is 9.62 Å². The SMILES string of the molecule is CCCNC(=O)N1CCc2cc(S(=O)(=O)Nc3cccc(C)c3C)ccc21. The number of urea groups is 1. The van der Waals surface area contributed by atoms with Crippen LogP contribution in [0.15, 0.2) is 41.3 Å². The van der Waals surface area contributed by atoms with E-state index in [1.807, 2.05) is 32.9 Å². The number of carbonyl (C=O) groups is 1. The highest BCUT2D eigenvalue weighted by atomic mass is 32.2. The number of sulfonamides is 1. The Morgan fingerprint density at radius 2 is 1.96 bits per heavy atom. The van der Waals surface area contributed by atoms with Crippen molar-refractivity contribution >= 4 is 27.4 Å². The van der Waals surface area contributed by atoms with Crippen molar-refractivity contribution in [2.45, 2.75) is 38.5 Å². The van der Waals surface area contributed by atoms with Gasteiger partial charge in [0.1, 0.15) is 0 Å². The second kappa shape index (κ2) is 7.60. The highest BCUT2D eigenvalue weighted by Gasteiger charge is 2.26. The van der Waals surface area contributed by atoms with Gasteiger partial charge in [0.15, 0.2) is 0 Å². The van der Waals surface area contributed by atoms with E-state index in [4.69, 9.17) is 0 Å². The zero-order valence-electron chi connectivity index (χ0n) is 15.9. The first-order valence-electron chi connectivity index (χ1n) is 9.11. The lowest BCUT2D eigenvalue weighted by atomic mass is 10.1. The van der Waals surface area contributed by atoms with E-state index >= 15 is 0 Å². The van der Waals surface area contributed by atoms with Gasteiger partial charge < -0.3 is 5.32 Å². The predicted octanol–water partition coefficient (Wildman–Crippen LogP) is 3.59. The fourth-order valence-corrected chi connectivity index (χ4v) is 4.32. The molecule has 3 rings (SSSR count). The van der Waals surface area contributed by atoms with Gasteiger partial charge in [-0.05, 0) is 67.6 Å². The Kier molecular flexibility index (Phi) is 5.41. The molecule has 0 unspecified atom stereocenters. The third-order valence-corrected chi connectivity index (χ3v) is 6.24. The van der Waals surface area contributed by atoms with Crippen molar-refractivity contribution in [3.63, 3.8) is 0 Å². The maximum Gasteiger partial charge on any atom is 0.321 e. The van der Waals surface area contributed by atoms with Crippen molar-refractivity contribution in [3.05, 3.63) is 53.1 Å². The first-order chi connectivity index (χ1) is 12.8. The molecule has 2 aromatic rings. The van der Waals surface area contributed by atoms with Crippen molar-refractivity contribution in [1.82, 2.24) is 5.32 Å². The minimum Gasteiger partial charge on any atom is -0.338 e. The van der Waals surface area contributed by atoms with Crippen LogP contribution in [0.1, 0.15) is 30.0 Å². The van der Waals surface area contributed by atoms with Crippen LogP contribution in [-0.4, -0.2) is 27.5 Å². The van der Waals surface area contributed by atoms with Gasteiger partial charge >= 0.3 is 6.03 Å². The van der Waals surface area contributed by atoms with Crippen LogP contribution in [0.3, 0.4) is 0 Å². The molecule has 2 N–H and O–H groups in total. The molecule has 2 amide bonds. The van der Waals surface area contributed by atoms with Crippen LogP contribution in [0.5, 0.6) is 0 Å². The average Bonchev–Trinajstić information content (AvgIpc) is 3.06. The summed E-state index contributed by atoms with van der Waals surface area (Å²) in [5.41, 5.74) is 4.15. The van der Waals surface area contributed by atoms with E-state index < -0.39 is 10.0 Å². The van der Waals surface area contributed by atoms with E-state index in [9.17, 15) is 13.2 Å². The van der Waals surface area contributed by atoms with Gasteiger partial charge in [-0.25, -0.2) is 13.2 Å². The monoisotopic (exact) mass is 387 g/mol. The number of nitrogens with one attached hydrogen (secondary N) is 2. The van der Waals surface area contributed by atoms with Crippen LogP contribution in [0.25, 0.3) is 0 Å². The fraction of sp³-hybridized carbons (Fsp3) is 0.350. The Morgan fingerprint density at radius 3 is 2.70 bits per heavy atom. The quantitative estimate of drug-likeness (QED) is 0.823. The molecule has 0 fully saturated rings. The Morgan fingerprint density at radius 1 is 1.19 bits per heavy atom. The smallest absolute Gasteiger partial charge is 0.321 e. The van der Waals surface area contributed by atoms with Crippen LogP contribution in [0.4, 0.5) is 16.2 Å². The lowest BCUT2D eigenvalue weighted by molar-refractivity contribution is 0.247. The van der Waals surface area contributed by atoms with Crippen LogP contribution < -0.4 is 14.9 Å². The summed E-state index contributed by atoms with van der Waals surface area (Å²) in [5.74, 6) is 0. The lowest BCUT2D eigenvalue weighted by Crippen LogP contribution is -2.39.